The van der Waals surface area contributed by atoms with Crippen molar-refractivity contribution in [3.63, 3.8) is 0 Å². The molecule has 1 heterocycles. The normalized spacial score (nSPS) is 11.2. The SMILES string of the molecule is [2H]C(=O)c1ccc2cnccc2c1. The maximum atomic E-state index is 10.7. The van der Waals surface area contributed by atoms with Crippen LogP contribution in [0.25, 0.3) is 10.8 Å². The third-order valence-corrected chi connectivity index (χ3v) is 1.76. The minimum atomic E-state index is -0.654. The fraction of sp³-hybridized carbons (Fsp3) is 0. The van der Waals surface area contributed by atoms with Gasteiger partial charge in [-0.3, -0.25) is 9.78 Å². The number of benzene rings is 1. The molecule has 2 rings (SSSR count). The van der Waals surface area contributed by atoms with Crippen molar-refractivity contribution in [2.24, 2.45) is 0 Å². The smallest absolute Gasteiger partial charge is 0.150 e. The van der Waals surface area contributed by atoms with E-state index in [-0.39, 0.29) is 0 Å². The van der Waals surface area contributed by atoms with Crippen molar-refractivity contribution >= 4 is 17.0 Å². The molecule has 2 nitrogen and oxygen atoms in total. The summed E-state index contributed by atoms with van der Waals surface area (Å²) in [5.74, 6) is 0. The Morgan fingerprint density at radius 2 is 2.25 bits per heavy atom. The first kappa shape index (κ1) is 5.89. The average molecular weight is 158 g/mol. The lowest BCUT2D eigenvalue weighted by Crippen LogP contribution is -1.80. The number of nitrogens with zero attached hydrogens (tertiary/aromatic N) is 1. The summed E-state index contributed by atoms with van der Waals surface area (Å²) in [7, 11) is 0. The van der Waals surface area contributed by atoms with Crippen LogP contribution in [0.5, 0.6) is 0 Å². The molecule has 0 amide bonds. The fourth-order valence-electron chi connectivity index (χ4n) is 1.15. The molecule has 1 aromatic heterocycles. The molecule has 0 bridgehead atoms. The van der Waals surface area contributed by atoms with E-state index >= 15 is 0 Å². The second kappa shape index (κ2) is 2.74. The summed E-state index contributed by atoms with van der Waals surface area (Å²) in [4.78, 5) is 14.7. The Morgan fingerprint density at radius 1 is 1.33 bits per heavy atom. The van der Waals surface area contributed by atoms with Gasteiger partial charge in [0.1, 0.15) is 7.63 Å². The number of hydrogen-bond acceptors (Lipinski definition) is 2. The van der Waals surface area contributed by atoms with Crippen molar-refractivity contribution in [3.8, 4) is 0 Å². The summed E-state index contributed by atoms with van der Waals surface area (Å²) in [6.07, 6.45) is 2.74. The summed E-state index contributed by atoms with van der Waals surface area (Å²) >= 11 is 0. The number of aromatic nitrogens is 1. The molecule has 2 heteroatoms. The summed E-state index contributed by atoms with van der Waals surface area (Å²) < 4.78 is 6.94. The van der Waals surface area contributed by atoms with Crippen LogP contribution >= 0.6 is 0 Å². The Morgan fingerprint density at radius 3 is 3.08 bits per heavy atom. The number of hydrogen-bond donors (Lipinski definition) is 0. The molecule has 2 aromatic rings. The van der Waals surface area contributed by atoms with Crippen LogP contribution in [0.1, 0.15) is 11.7 Å². The van der Waals surface area contributed by atoms with Crippen molar-refractivity contribution in [2.75, 3.05) is 0 Å². The number of pyridine rings is 1. The van der Waals surface area contributed by atoms with E-state index < -0.39 is 6.26 Å². The van der Waals surface area contributed by atoms with Crippen LogP contribution in [0.3, 0.4) is 0 Å². The van der Waals surface area contributed by atoms with E-state index in [1.54, 1.807) is 30.6 Å². The number of rotatable bonds is 1. The fourth-order valence-corrected chi connectivity index (χ4v) is 1.15. The molecular weight excluding hydrogens is 150 g/mol. The first-order valence-electron chi connectivity index (χ1n) is 4.12. The molecule has 0 aliphatic heterocycles. The Bertz CT molecular complexity index is 467. The van der Waals surface area contributed by atoms with E-state index in [0.29, 0.717) is 5.56 Å². The highest BCUT2D eigenvalue weighted by Crippen LogP contribution is 2.12. The van der Waals surface area contributed by atoms with Crippen LogP contribution in [0.2, 0.25) is 0 Å². The Kier molecular flexibility index (Phi) is 1.34. The van der Waals surface area contributed by atoms with Gasteiger partial charge in [0, 0.05) is 23.3 Å². The molecule has 0 fully saturated rings. The van der Waals surface area contributed by atoms with Gasteiger partial charge in [0.25, 0.3) is 0 Å². The standard InChI is InChI=1S/C10H7NO/c12-7-8-1-2-10-6-11-4-3-9(10)5-8/h1-7H/i7D. The lowest BCUT2D eigenvalue weighted by Gasteiger charge is -1.95. The van der Waals surface area contributed by atoms with E-state index in [4.69, 9.17) is 1.37 Å². The van der Waals surface area contributed by atoms with Gasteiger partial charge in [-0.2, -0.15) is 0 Å². The molecule has 0 saturated carbocycles. The summed E-state index contributed by atoms with van der Waals surface area (Å²) in [5, 5.41) is 1.92. The van der Waals surface area contributed by atoms with Gasteiger partial charge in [0.05, 0.1) is 0 Å². The van der Waals surface area contributed by atoms with Gasteiger partial charge in [0.15, 0.2) is 0 Å². The molecule has 0 spiro atoms. The van der Waals surface area contributed by atoms with E-state index in [2.05, 4.69) is 4.98 Å². The van der Waals surface area contributed by atoms with Crippen molar-refractivity contribution in [1.82, 2.24) is 4.98 Å². The third-order valence-electron chi connectivity index (χ3n) is 1.76. The lowest BCUT2D eigenvalue weighted by atomic mass is 10.1. The molecule has 0 radical (unpaired) electrons. The van der Waals surface area contributed by atoms with Gasteiger partial charge in [-0.15, -0.1) is 0 Å². The van der Waals surface area contributed by atoms with Crippen LogP contribution in [0.4, 0.5) is 0 Å². The number of aldehydes is 1. The zero-order chi connectivity index (χ0) is 9.26. The highest BCUT2D eigenvalue weighted by atomic mass is 16.1. The summed E-state index contributed by atoms with van der Waals surface area (Å²) in [6, 6.07) is 6.96. The van der Waals surface area contributed by atoms with Gasteiger partial charge in [-0.25, -0.2) is 0 Å². The molecule has 0 aliphatic rings. The van der Waals surface area contributed by atoms with Crippen LogP contribution in [0.15, 0.2) is 36.7 Å². The Labute approximate surface area is 71.3 Å². The van der Waals surface area contributed by atoms with Gasteiger partial charge >= 0.3 is 0 Å². The molecular formula is C10H7NO. The lowest BCUT2D eigenvalue weighted by molar-refractivity contribution is 0.112. The van der Waals surface area contributed by atoms with Gasteiger partial charge in [-0.1, -0.05) is 12.1 Å². The monoisotopic (exact) mass is 158 g/mol. The van der Waals surface area contributed by atoms with Crippen LogP contribution in [-0.2, 0) is 0 Å². The zero-order valence-corrected chi connectivity index (χ0v) is 6.32. The van der Waals surface area contributed by atoms with Crippen molar-refractivity contribution < 1.29 is 6.17 Å². The first-order chi connectivity index (χ1) is 6.27. The Balaban J connectivity index is 2.69. The number of carbonyl (C=O) groups excluding carboxylic acids is 1. The highest BCUT2D eigenvalue weighted by Gasteiger charge is 1.93. The predicted octanol–water partition coefficient (Wildman–Crippen LogP) is 2.05. The van der Waals surface area contributed by atoms with Gasteiger partial charge in [0.2, 0.25) is 0 Å². The molecule has 0 atom stereocenters. The Hall–Kier alpha value is -1.70. The van der Waals surface area contributed by atoms with E-state index in [1.807, 2.05) is 6.07 Å². The second-order valence-corrected chi connectivity index (χ2v) is 2.54. The number of carbonyl (C=O) groups is 1. The quantitative estimate of drug-likeness (QED) is 0.594. The van der Waals surface area contributed by atoms with Crippen LogP contribution in [0, 0.1) is 0 Å². The third kappa shape index (κ3) is 1.07. The minimum absolute atomic E-state index is 0.415. The van der Waals surface area contributed by atoms with Crippen molar-refractivity contribution in [3.05, 3.63) is 42.2 Å². The van der Waals surface area contributed by atoms with Crippen molar-refractivity contribution in [1.29, 1.82) is 0 Å². The zero-order valence-electron chi connectivity index (χ0n) is 7.32. The molecule has 0 N–H and O–H groups in total. The van der Waals surface area contributed by atoms with E-state index in [9.17, 15) is 4.79 Å². The largest absolute Gasteiger partial charge is 0.298 e. The average Bonchev–Trinajstić information content (AvgIpc) is 2.17. The van der Waals surface area contributed by atoms with Crippen molar-refractivity contribution in [2.45, 2.75) is 0 Å². The topological polar surface area (TPSA) is 30.0 Å². The highest BCUT2D eigenvalue weighted by molar-refractivity contribution is 5.88. The van der Waals surface area contributed by atoms with Crippen LogP contribution < -0.4 is 0 Å². The maximum Gasteiger partial charge on any atom is 0.150 e. The summed E-state index contributed by atoms with van der Waals surface area (Å²) in [5.41, 5.74) is 0.415. The van der Waals surface area contributed by atoms with Gasteiger partial charge in [-0.05, 0) is 17.5 Å². The van der Waals surface area contributed by atoms with Gasteiger partial charge < -0.3 is 0 Å². The molecule has 12 heavy (non-hydrogen) atoms. The first-order valence-corrected chi connectivity index (χ1v) is 3.62. The maximum absolute atomic E-state index is 10.7. The summed E-state index contributed by atoms with van der Waals surface area (Å²) in [6.45, 7) is 0. The second-order valence-electron chi connectivity index (χ2n) is 2.54. The molecule has 58 valence electrons. The molecule has 0 unspecified atom stereocenters. The number of fused-ring (bicyclic) bond motifs is 1. The molecule has 0 aliphatic carbocycles. The van der Waals surface area contributed by atoms with E-state index in [0.717, 1.165) is 10.8 Å². The minimum Gasteiger partial charge on any atom is -0.298 e. The molecule has 1 aromatic carbocycles. The predicted molar refractivity (Wildman–Crippen MR) is 47.1 cm³/mol. The van der Waals surface area contributed by atoms with Crippen LogP contribution in [-0.4, -0.2) is 11.2 Å². The van der Waals surface area contributed by atoms with E-state index in [1.165, 1.54) is 0 Å². The molecule has 0 saturated heterocycles.